The Morgan fingerprint density at radius 1 is 1.50 bits per heavy atom. The maximum absolute atomic E-state index is 13.8. The Morgan fingerprint density at radius 2 is 2.17 bits per heavy atom. The van der Waals surface area contributed by atoms with Gasteiger partial charge in [-0.15, -0.1) is 0 Å². The van der Waals surface area contributed by atoms with E-state index < -0.39 is 11.4 Å². The summed E-state index contributed by atoms with van der Waals surface area (Å²) in [5.41, 5.74) is -0.0618. The predicted octanol–water partition coefficient (Wildman–Crippen LogP) is 2.65. The first-order chi connectivity index (χ1) is 8.39. The molecule has 0 aliphatic rings. The van der Waals surface area contributed by atoms with Gasteiger partial charge in [0.05, 0.1) is 5.60 Å². The van der Waals surface area contributed by atoms with Crippen molar-refractivity contribution in [2.45, 2.75) is 38.8 Å². The number of rotatable bonds is 6. The van der Waals surface area contributed by atoms with Crippen LogP contribution in [0.2, 0.25) is 0 Å². The molecule has 3 nitrogen and oxygen atoms in total. The average Bonchev–Trinajstić information content (AvgIpc) is 2.36. The summed E-state index contributed by atoms with van der Waals surface area (Å²) < 4.78 is 19.1. The van der Waals surface area contributed by atoms with Gasteiger partial charge in [-0.25, -0.2) is 4.39 Å². The van der Waals surface area contributed by atoms with E-state index >= 15 is 0 Å². The van der Waals surface area contributed by atoms with Gasteiger partial charge in [-0.2, -0.15) is 0 Å². The van der Waals surface area contributed by atoms with Crippen LogP contribution in [0, 0.1) is 5.82 Å². The molecule has 0 aromatic heterocycles. The highest BCUT2D eigenvalue weighted by atomic mass is 19.1. The second-order valence-electron chi connectivity index (χ2n) is 4.84. The number of ether oxygens (including phenoxy) is 1. The largest absolute Gasteiger partial charge is 0.488 e. The fraction of sp³-hybridized carbons (Fsp3) is 0.571. The Hall–Kier alpha value is -1.13. The van der Waals surface area contributed by atoms with Crippen LogP contribution in [0.4, 0.5) is 4.39 Å². The molecule has 1 rings (SSSR count). The van der Waals surface area contributed by atoms with E-state index in [2.05, 4.69) is 5.32 Å². The van der Waals surface area contributed by atoms with Gasteiger partial charge in [0.15, 0.2) is 11.6 Å². The highest BCUT2D eigenvalue weighted by Gasteiger charge is 2.19. The summed E-state index contributed by atoms with van der Waals surface area (Å²) in [7, 11) is 1.82. The van der Waals surface area contributed by atoms with E-state index in [9.17, 15) is 9.50 Å². The molecule has 2 unspecified atom stereocenters. The average molecular weight is 255 g/mol. The van der Waals surface area contributed by atoms with Crippen molar-refractivity contribution in [3.8, 4) is 5.75 Å². The van der Waals surface area contributed by atoms with Gasteiger partial charge in [0.1, 0.15) is 6.61 Å². The van der Waals surface area contributed by atoms with E-state index in [1.807, 2.05) is 27.0 Å². The van der Waals surface area contributed by atoms with Crippen LogP contribution in [0.1, 0.15) is 38.8 Å². The van der Waals surface area contributed by atoms with Crippen LogP contribution in [-0.2, 0) is 0 Å². The zero-order valence-corrected chi connectivity index (χ0v) is 11.5. The molecule has 0 aliphatic carbocycles. The van der Waals surface area contributed by atoms with Gasteiger partial charge in [0.25, 0.3) is 0 Å². The zero-order valence-electron chi connectivity index (χ0n) is 11.5. The van der Waals surface area contributed by atoms with Gasteiger partial charge in [0, 0.05) is 6.04 Å². The minimum atomic E-state index is -0.927. The summed E-state index contributed by atoms with van der Waals surface area (Å²) in [6.07, 6.45) is 0.559. The third kappa shape index (κ3) is 3.96. The van der Waals surface area contributed by atoms with Crippen LogP contribution < -0.4 is 10.1 Å². The number of hydrogen-bond donors (Lipinski definition) is 2. The van der Waals surface area contributed by atoms with Crippen LogP contribution in [0.3, 0.4) is 0 Å². The second kappa shape index (κ2) is 6.16. The fourth-order valence-corrected chi connectivity index (χ4v) is 1.41. The van der Waals surface area contributed by atoms with Crippen molar-refractivity contribution >= 4 is 0 Å². The lowest BCUT2D eigenvalue weighted by Crippen LogP contribution is -2.31. The molecular weight excluding hydrogens is 233 g/mol. The fourth-order valence-electron chi connectivity index (χ4n) is 1.41. The molecule has 4 heteroatoms. The monoisotopic (exact) mass is 255 g/mol. The maximum atomic E-state index is 13.8. The number of benzene rings is 1. The number of aliphatic hydroxyl groups is 1. The van der Waals surface area contributed by atoms with Gasteiger partial charge in [-0.1, -0.05) is 13.0 Å². The van der Waals surface area contributed by atoms with Crippen LogP contribution >= 0.6 is 0 Å². The third-order valence-electron chi connectivity index (χ3n) is 3.19. The SMILES string of the molecule is CCC(C)(O)COc1ccc(C(C)NC)cc1F. The molecule has 0 radical (unpaired) electrons. The lowest BCUT2D eigenvalue weighted by atomic mass is 10.1. The molecule has 102 valence electrons. The molecular formula is C14H22FNO2. The molecule has 2 N–H and O–H groups in total. The highest BCUT2D eigenvalue weighted by molar-refractivity contribution is 5.30. The van der Waals surface area contributed by atoms with Gasteiger partial charge >= 0.3 is 0 Å². The smallest absolute Gasteiger partial charge is 0.165 e. The summed E-state index contributed by atoms with van der Waals surface area (Å²) in [4.78, 5) is 0. The molecule has 18 heavy (non-hydrogen) atoms. The summed E-state index contributed by atoms with van der Waals surface area (Å²) in [5.74, 6) is -0.225. The van der Waals surface area contributed by atoms with Crippen LogP contribution in [0.15, 0.2) is 18.2 Å². The quantitative estimate of drug-likeness (QED) is 0.821. The Bertz CT molecular complexity index is 393. The van der Waals surface area contributed by atoms with Gasteiger partial charge in [0.2, 0.25) is 0 Å². The molecule has 2 atom stereocenters. The molecule has 0 bridgehead atoms. The minimum Gasteiger partial charge on any atom is -0.488 e. The molecule has 0 saturated carbocycles. The van der Waals surface area contributed by atoms with Crippen molar-refractivity contribution in [1.82, 2.24) is 5.32 Å². The molecule has 0 spiro atoms. The summed E-state index contributed by atoms with van der Waals surface area (Å²) in [6, 6.07) is 4.97. The van der Waals surface area contributed by atoms with E-state index in [1.54, 1.807) is 13.0 Å². The van der Waals surface area contributed by atoms with E-state index in [0.29, 0.717) is 6.42 Å². The summed E-state index contributed by atoms with van der Waals surface area (Å²) in [5, 5.41) is 12.8. The van der Waals surface area contributed by atoms with Gasteiger partial charge < -0.3 is 15.2 Å². The normalized spacial score (nSPS) is 16.1. The van der Waals surface area contributed by atoms with Crippen molar-refractivity contribution in [2.24, 2.45) is 0 Å². The Kier molecular flexibility index (Phi) is 5.11. The first-order valence-electron chi connectivity index (χ1n) is 6.21. The van der Waals surface area contributed by atoms with Gasteiger partial charge in [-0.3, -0.25) is 0 Å². The number of nitrogens with one attached hydrogen (secondary N) is 1. The molecule has 0 saturated heterocycles. The molecule has 0 heterocycles. The van der Waals surface area contributed by atoms with Crippen LogP contribution in [-0.4, -0.2) is 24.4 Å². The van der Waals surface area contributed by atoms with Crippen molar-refractivity contribution < 1.29 is 14.2 Å². The molecule has 0 amide bonds. The standard InChI is InChI=1S/C14H22FNO2/c1-5-14(3,17)9-18-13-7-6-11(8-12(13)15)10(2)16-4/h6-8,10,16-17H,5,9H2,1-4H3. The third-order valence-corrected chi connectivity index (χ3v) is 3.19. The summed E-state index contributed by atoms with van der Waals surface area (Å²) in [6.45, 7) is 5.57. The maximum Gasteiger partial charge on any atom is 0.165 e. The molecule has 1 aromatic carbocycles. The number of hydrogen-bond acceptors (Lipinski definition) is 3. The highest BCUT2D eigenvalue weighted by Crippen LogP contribution is 2.23. The molecule has 0 fully saturated rings. The van der Waals surface area contributed by atoms with E-state index in [4.69, 9.17) is 4.74 Å². The van der Waals surface area contributed by atoms with E-state index in [0.717, 1.165) is 5.56 Å². The minimum absolute atomic E-state index is 0.0847. The Balaban J connectivity index is 2.74. The van der Waals surface area contributed by atoms with E-state index in [1.165, 1.54) is 6.07 Å². The predicted molar refractivity (Wildman–Crippen MR) is 70.3 cm³/mol. The van der Waals surface area contributed by atoms with Crippen molar-refractivity contribution in [2.75, 3.05) is 13.7 Å². The van der Waals surface area contributed by atoms with Crippen molar-refractivity contribution in [3.05, 3.63) is 29.6 Å². The van der Waals surface area contributed by atoms with E-state index in [-0.39, 0.29) is 18.4 Å². The first kappa shape index (κ1) is 14.9. The molecule has 0 aliphatic heterocycles. The van der Waals surface area contributed by atoms with Crippen LogP contribution in [0.5, 0.6) is 5.75 Å². The molecule has 1 aromatic rings. The van der Waals surface area contributed by atoms with Crippen molar-refractivity contribution in [1.29, 1.82) is 0 Å². The van der Waals surface area contributed by atoms with Gasteiger partial charge in [-0.05, 0) is 45.0 Å². The zero-order chi connectivity index (χ0) is 13.8. The summed E-state index contributed by atoms with van der Waals surface area (Å²) >= 11 is 0. The lowest BCUT2D eigenvalue weighted by molar-refractivity contribution is 0.00733. The Morgan fingerprint density at radius 3 is 2.67 bits per heavy atom. The topological polar surface area (TPSA) is 41.5 Å². The van der Waals surface area contributed by atoms with Crippen LogP contribution in [0.25, 0.3) is 0 Å². The second-order valence-corrected chi connectivity index (χ2v) is 4.84. The first-order valence-corrected chi connectivity index (χ1v) is 6.21. The van der Waals surface area contributed by atoms with Crippen molar-refractivity contribution in [3.63, 3.8) is 0 Å². The Labute approximate surface area is 108 Å². The number of halogens is 1. The lowest BCUT2D eigenvalue weighted by Gasteiger charge is -2.22.